The normalized spacial score (nSPS) is 16.8. The third kappa shape index (κ3) is 5.64. The summed E-state index contributed by atoms with van der Waals surface area (Å²) in [5.41, 5.74) is 22.3. The van der Waals surface area contributed by atoms with Crippen LogP contribution in [0.5, 0.6) is 0 Å². The van der Waals surface area contributed by atoms with Crippen molar-refractivity contribution in [2.24, 2.45) is 0 Å². The number of rotatable bonds is 6. The van der Waals surface area contributed by atoms with Crippen LogP contribution in [-0.2, 0) is 10.8 Å². The van der Waals surface area contributed by atoms with Gasteiger partial charge in [-0.2, -0.15) is 0 Å². The van der Waals surface area contributed by atoms with E-state index in [9.17, 15) is 0 Å². The Morgan fingerprint density at radius 3 is 1.54 bits per heavy atom. The highest BCUT2D eigenvalue weighted by Gasteiger charge is 2.51. The van der Waals surface area contributed by atoms with Crippen molar-refractivity contribution >= 4 is 38.6 Å². The molecule has 0 bridgehead atoms. The molecule has 4 aliphatic carbocycles. The fourth-order valence-electron chi connectivity index (χ4n) is 14.2. The lowest BCUT2D eigenvalue weighted by molar-refractivity contribution is 0.443. The van der Waals surface area contributed by atoms with Crippen molar-refractivity contribution < 1.29 is 0 Å². The largest absolute Gasteiger partial charge is 0.310 e. The van der Waals surface area contributed by atoms with Crippen LogP contribution in [0.2, 0.25) is 0 Å². The number of hydrogen-bond donors (Lipinski definition) is 0. The van der Waals surface area contributed by atoms with Crippen molar-refractivity contribution in [2.75, 3.05) is 4.90 Å². The van der Waals surface area contributed by atoms with Crippen molar-refractivity contribution in [3.05, 3.63) is 293 Å². The molecule has 0 radical (unpaired) electrons. The summed E-state index contributed by atoms with van der Waals surface area (Å²) in [5.74, 6) is 0.605. The van der Waals surface area contributed by atoms with Gasteiger partial charge >= 0.3 is 0 Å². The molecule has 4 aliphatic rings. The molecule has 336 valence electrons. The predicted molar refractivity (Wildman–Crippen MR) is 296 cm³/mol. The van der Waals surface area contributed by atoms with Gasteiger partial charge in [0.25, 0.3) is 0 Å². The molecule has 71 heavy (non-hydrogen) atoms. The van der Waals surface area contributed by atoms with E-state index in [1.54, 1.807) is 0 Å². The Bertz CT molecular complexity index is 3880. The summed E-state index contributed by atoms with van der Waals surface area (Å²) in [6, 6.07) is 92.8. The van der Waals surface area contributed by atoms with E-state index >= 15 is 0 Å². The summed E-state index contributed by atoms with van der Waals surface area (Å²) < 4.78 is 0. The van der Waals surface area contributed by atoms with Gasteiger partial charge in [-0.3, -0.25) is 0 Å². The summed E-state index contributed by atoms with van der Waals surface area (Å²) in [7, 11) is 0. The van der Waals surface area contributed by atoms with Crippen molar-refractivity contribution in [3.8, 4) is 33.4 Å². The Morgan fingerprint density at radius 1 is 0.324 bits per heavy atom. The topological polar surface area (TPSA) is 3.24 Å². The number of benzene rings is 11. The summed E-state index contributed by atoms with van der Waals surface area (Å²) >= 11 is 0. The molecule has 1 unspecified atom stereocenters. The van der Waals surface area contributed by atoms with Gasteiger partial charge in [0.1, 0.15) is 0 Å². The Kier molecular flexibility index (Phi) is 8.94. The predicted octanol–water partition coefficient (Wildman–Crippen LogP) is 18.2. The first-order valence-corrected chi connectivity index (χ1v) is 25.8. The number of hydrogen-bond acceptors (Lipinski definition) is 1. The van der Waals surface area contributed by atoms with Crippen LogP contribution in [0.3, 0.4) is 0 Å². The molecule has 1 saturated carbocycles. The first kappa shape index (κ1) is 40.6. The van der Waals surface area contributed by atoms with E-state index in [1.807, 2.05) is 0 Å². The average molecular weight is 906 g/mol. The van der Waals surface area contributed by atoms with Crippen LogP contribution in [-0.4, -0.2) is 0 Å². The van der Waals surface area contributed by atoms with Crippen molar-refractivity contribution in [2.45, 2.75) is 48.9 Å². The SMILES string of the molecule is c1ccc(C2(c3ccccc3)c3ccccc3-c3ccc(N(c4ccc5c(c4)C4(c6ccccc6-5)c5ccc(C6CCCCC6)cc5-c5cccc6cccc4c56)c4cccc5ccccc45)cc32)cc1. The molecular formula is C70H51N. The molecule has 1 fully saturated rings. The Labute approximate surface area is 416 Å². The highest BCUT2D eigenvalue weighted by molar-refractivity contribution is 6.08. The molecule has 0 amide bonds. The van der Waals surface area contributed by atoms with E-state index in [2.05, 4.69) is 248 Å². The number of fused-ring (bicyclic) bond motifs is 13. The summed E-state index contributed by atoms with van der Waals surface area (Å²) in [4.78, 5) is 2.56. The molecule has 0 N–H and O–H groups in total. The van der Waals surface area contributed by atoms with Crippen LogP contribution < -0.4 is 4.90 Å². The second-order valence-electron chi connectivity index (χ2n) is 20.5. The highest BCUT2D eigenvalue weighted by Crippen LogP contribution is 2.63. The molecular weight excluding hydrogens is 855 g/mol. The number of anilines is 3. The second-order valence-corrected chi connectivity index (χ2v) is 20.5. The van der Waals surface area contributed by atoms with E-state index in [0.717, 1.165) is 17.1 Å². The van der Waals surface area contributed by atoms with E-state index < -0.39 is 10.8 Å². The fourth-order valence-corrected chi connectivity index (χ4v) is 14.2. The van der Waals surface area contributed by atoms with Gasteiger partial charge in [0.2, 0.25) is 0 Å². The third-order valence-electron chi connectivity index (χ3n) is 17.1. The second kappa shape index (κ2) is 15.6. The Hall–Kier alpha value is -8.26. The lowest BCUT2D eigenvalue weighted by Gasteiger charge is -2.41. The molecule has 11 aromatic rings. The zero-order valence-electron chi connectivity index (χ0n) is 39.7. The van der Waals surface area contributed by atoms with Crippen molar-refractivity contribution in [1.82, 2.24) is 0 Å². The Morgan fingerprint density at radius 2 is 0.831 bits per heavy atom. The van der Waals surface area contributed by atoms with E-state index in [-0.39, 0.29) is 0 Å². The van der Waals surface area contributed by atoms with Gasteiger partial charge in [0.15, 0.2) is 0 Å². The monoisotopic (exact) mass is 905 g/mol. The fraction of sp³-hybridized carbons (Fsp3) is 0.114. The first-order chi connectivity index (χ1) is 35.2. The van der Waals surface area contributed by atoms with Crippen molar-refractivity contribution in [3.63, 3.8) is 0 Å². The lowest BCUT2D eigenvalue weighted by atomic mass is 9.61. The summed E-state index contributed by atoms with van der Waals surface area (Å²) in [5, 5.41) is 5.10. The van der Waals surface area contributed by atoms with E-state index in [1.165, 1.54) is 137 Å². The minimum absolute atomic E-state index is 0.535. The Balaban J connectivity index is 1.02. The molecule has 1 atom stereocenters. The van der Waals surface area contributed by atoms with Gasteiger partial charge in [-0.15, -0.1) is 0 Å². The maximum Gasteiger partial charge on any atom is 0.0726 e. The van der Waals surface area contributed by atoms with Crippen LogP contribution in [0.1, 0.15) is 88.1 Å². The molecule has 0 aliphatic heterocycles. The maximum atomic E-state index is 2.61. The number of nitrogens with zero attached hydrogens (tertiary/aromatic N) is 1. The van der Waals surface area contributed by atoms with Crippen LogP contribution in [0.25, 0.3) is 54.9 Å². The summed E-state index contributed by atoms with van der Waals surface area (Å²) in [6.45, 7) is 0. The molecule has 0 heterocycles. The van der Waals surface area contributed by atoms with Crippen LogP contribution in [0, 0.1) is 0 Å². The van der Waals surface area contributed by atoms with Crippen molar-refractivity contribution in [1.29, 1.82) is 0 Å². The van der Waals surface area contributed by atoms with Crippen LogP contribution >= 0.6 is 0 Å². The molecule has 11 aromatic carbocycles. The standard InChI is InChI=1S/C70H51N/c1-4-19-46(20-5-1)49-37-42-63-60(43-49)59-32-16-23-48-24-17-35-64(68(48)59)70(63)62-34-15-13-31-56(62)58-41-39-53(45-66(58)70)71(67-36-18-22-47-21-10-11-29-54(47)67)52-38-40-57-55-30-12-14-33-61(55)69(65(57)44-52,50-25-6-2-7-26-50)51-27-8-3-9-28-51/h2-3,6-18,21-46H,1,4-5,19-20H2. The van der Waals surface area contributed by atoms with E-state index in [4.69, 9.17) is 0 Å². The zero-order valence-corrected chi connectivity index (χ0v) is 39.7. The lowest BCUT2D eigenvalue weighted by Crippen LogP contribution is -2.32. The molecule has 1 spiro atoms. The minimum Gasteiger partial charge on any atom is -0.310 e. The smallest absolute Gasteiger partial charge is 0.0726 e. The van der Waals surface area contributed by atoms with Crippen LogP contribution in [0.4, 0.5) is 17.1 Å². The highest BCUT2D eigenvalue weighted by atomic mass is 15.1. The van der Waals surface area contributed by atoms with E-state index in [0.29, 0.717) is 5.92 Å². The summed E-state index contributed by atoms with van der Waals surface area (Å²) in [6.07, 6.45) is 6.53. The van der Waals surface area contributed by atoms with Gasteiger partial charge in [0.05, 0.1) is 16.5 Å². The maximum absolute atomic E-state index is 2.61. The minimum atomic E-state index is -0.546. The third-order valence-corrected chi connectivity index (χ3v) is 17.1. The zero-order chi connectivity index (χ0) is 46.7. The van der Waals surface area contributed by atoms with Gasteiger partial charge in [-0.1, -0.05) is 232 Å². The molecule has 0 saturated heterocycles. The molecule has 1 heteroatoms. The van der Waals surface area contributed by atoms with Gasteiger partial charge in [-0.05, 0) is 149 Å². The molecule has 0 aromatic heterocycles. The van der Waals surface area contributed by atoms with Gasteiger partial charge in [0, 0.05) is 16.8 Å². The quantitative estimate of drug-likeness (QED) is 0.161. The van der Waals surface area contributed by atoms with Gasteiger partial charge in [-0.25, -0.2) is 0 Å². The first-order valence-electron chi connectivity index (χ1n) is 25.8. The molecule has 1 nitrogen and oxygen atoms in total. The van der Waals surface area contributed by atoms with Gasteiger partial charge < -0.3 is 4.90 Å². The molecule has 15 rings (SSSR count). The average Bonchev–Trinajstić information content (AvgIpc) is 3.91. The van der Waals surface area contributed by atoms with Crippen LogP contribution in [0.15, 0.2) is 243 Å².